The molecule has 0 aromatic carbocycles. The van der Waals surface area contributed by atoms with Crippen molar-refractivity contribution < 1.29 is 45.4 Å². The molecule has 0 fully saturated rings. The normalized spacial score (nSPS) is 12.9. The molecule has 0 bridgehead atoms. The molecule has 1 N–H and O–H groups in total. The third-order valence-corrected chi connectivity index (χ3v) is 1.63. The fraction of sp³-hybridized carbons (Fsp3) is 0.333. The summed E-state index contributed by atoms with van der Waals surface area (Å²) >= 11 is 0. The summed E-state index contributed by atoms with van der Waals surface area (Å²) in [5, 5.41) is 7.76. The van der Waals surface area contributed by atoms with Gasteiger partial charge in [0.2, 0.25) is 0 Å². The Labute approximate surface area is 81.6 Å². The van der Waals surface area contributed by atoms with E-state index in [2.05, 4.69) is 10.9 Å². The molecule has 9 heteroatoms. The molecule has 0 saturated carbocycles. The standard InChI is InChI=1S/C3H6O.Mn.H4O5P2/c1-2-3-4;;1-6(2)5-7(3)4/h2,4H,1,3H2;;6-7H,(H,1,2)(H,3,4)/q;+2;/p-2. The summed E-state index contributed by atoms with van der Waals surface area (Å²) < 4.78 is 21.8. The van der Waals surface area contributed by atoms with Crippen molar-refractivity contribution in [2.75, 3.05) is 6.61 Å². The smallest absolute Gasteiger partial charge is 0.781 e. The van der Waals surface area contributed by atoms with Crippen molar-refractivity contribution in [2.45, 2.75) is 0 Å². The van der Waals surface area contributed by atoms with Gasteiger partial charge in [-0.3, -0.25) is 4.31 Å². The summed E-state index contributed by atoms with van der Waals surface area (Å²) in [6, 6.07) is 0. The first-order valence-corrected chi connectivity index (χ1v) is 4.81. The zero-order valence-electron chi connectivity index (χ0n) is 5.86. The number of aliphatic hydroxyl groups is 1. The van der Waals surface area contributed by atoms with Crippen LogP contribution in [0, 0.1) is 0 Å². The largest absolute Gasteiger partial charge is 2.00 e. The minimum atomic E-state index is -3.51. The Bertz CT molecular complexity index is 138. The summed E-state index contributed by atoms with van der Waals surface area (Å²) in [7, 11) is -7.03. The molecule has 0 spiro atoms. The van der Waals surface area contributed by atoms with E-state index in [-0.39, 0.29) is 23.7 Å². The van der Waals surface area contributed by atoms with Gasteiger partial charge in [0.25, 0.3) is 0 Å². The van der Waals surface area contributed by atoms with E-state index in [1.54, 1.807) is 0 Å². The third kappa shape index (κ3) is 31.2. The van der Waals surface area contributed by atoms with Gasteiger partial charge in [0.1, 0.15) is 16.5 Å². The van der Waals surface area contributed by atoms with E-state index in [1.807, 2.05) is 0 Å². The van der Waals surface area contributed by atoms with Gasteiger partial charge in [0.05, 0.1) is 6.61 Å². The van der Waals surface area contributed by atoms with Gasteiger partial charge < -0.3 is 24.0 Å². The van der Waals surface area contributed by atoms with Gasteiger partial charge in [-0.25, -0.2) is 0 Å². The molecule has 1 radical (unpaired) electrons. The van der Waals surface area contributed by atoms with Crippen molar-refractivity contribution >= 4 is 16.5 Å². The van der Waals surface area contributed by atoms with Crippen molar-refractivity contribution in [1.29, 1.82) is 0 Å². The minimum absolute atomic E-state index is 0. The van der Waals surface area contributed by atoms with Crippen LogP contribution in [0.3, 0.4) is 0 Å². The minimum Gasteiger partial charge on any atom is -0.781 e. The Balaban J connectivity index is -0.000000142. The average Bonchev–Trinajstić information content (AvgIpc) is 1.85. The topological polar surface area (TPSA) is 110 Å². The zero-order chi connectivity index (χ0) is 9.28. The first-order valence-electron chi connectivity index (χ1n) is 2.36. The molecule has 73 valence electrons. The predicted molar refractivity (Wildman–Crippen MR) is 36.4 cm³/mol. The Morgan fingerprint density at radius 3 is 1.67 bits per heavy atom. The SMILES string of the molecule is C=CCO.O=[PH]([O-])O[PH](=O)[O-].[Mn+2]. The Morgan fingerprint density at radius 1 is 1.42 bits per heavy atom. The predicted octanol–water partition coefficient (Wildman–Crippen LogP) is -1.33. The maximum atomic E-state index is 9.29. The van der Waals surface area contributed by atoms with Crippen LogP contribution < -0.4 is 9.79 Å². The maximum absolute atomic E-state index is 9.29. The average molecular weight is 257 g/mol. The van der Waals surface area contributed by atoms with Crippen LogP contribution in [0.4, 0.5) is 0 Å². The molecular weight excluding hydrogens is 249 g/mol. The van der Waals surface area contributed by atoms with E-state index >= 15 is 0 Å². The van der Waals surface area contributed by atoms with Crippen LogP contribution in [0.1, 0.15) is 0 Å². The monoisotopic (exact) mass is 257 g/mol. The quantitative estimate of drug-likeness (QED) is 0.381. The van der Waals surface area contributed by atoms with E-state index in [4.69, 9.17) is 5.11 Å². The summed E-state index contributed by atoms with van der Waals surface area (Å²) in [5.74, 6) is 0. The second kappa shape index (κ2) is 14.1. The Morgan fingerprint density at radius 2 is 1.67 bits per heavy atom. The summed E-state index contributed by atoms with van der Waals surface area (Å²) in [6.07, 6.45) is 1.43. The van der Waals surface area contributed by atoms with Crippen LogP contribution in [0.2, 0.25) is 0 Å². The number of hydrogen-bond donors (Lipinski definition) is 1. The summed E-state index contributed by atoms with van der Waals surface area (Å²) in [6.45, 7) is 3.31. The van der Waals surface area contributed by atoms with Crippen molar-refractivity contribution in [2.24, 2.45) is 0 Å². The van der Waals surface area contributed by atoms with Gasteiger partial charge in [-0.05, 0) is 0 Å². The van der Waals surface area contributed by atoms with E-state index in [0.29, 0.717) is 0 Å². The van der Waals surface area contributed by atoms with Crippen LogP contribution >= 0.6 is 16.5 Å². The van der Waals surface area contributed by atoms with Crippen LogP contribution in [0.5, 0.6) is 0 Å². The summed E-state index contributed by atoms with van der Waals surface area (Å²) in [4.78, 5) is 18.6. The fourth-order valence-electron chi connectivity index (χ4n) is 0.0680. The molecule has 0 aliphatic carbocycles. The van der Waals surface area contributed by atoms with Crippen molar-refractivity contribution in [3.05, 3.63) is 12.7 Å². The first-order chi connectivity index (χ1) is 5.04. The molecule has 2 atom stereocenters. The molecule has 0 saturated heterocycles. The number of hydrogen-bond acceptors (Lipinski definition) is 6. The zero-order valence-corrected chi connectivity index (χ0v) is 9.04. The fourth-order valence-corrected chi connectivity index (χ4v) is 0.612. The molecule has 0 heterocycles. The number of rotatable bonds is 3. The van der Waals surface area contributed by atoms with Crippen molar-refractivity contribution in [1.82, 2.24) is 0 Å². The molecule has 0 aromatic heterocycles. The molecule has 0 rings (SSSR count). The van der Waals surface area contributed by atoms with Gasteiger partial charge in [-0.15, -0.1) is 6.58 Å². The van der Waals surface area contributed by atoms with Crippen molar-refractivity contribution in [3.63, 3.8) is 0 Å². The Kier molecular flexibility index (Phi) is 21.6. The number of aliphatic hydroxyl groups excluding tert-OH is 1. The van der Waals surface area contributed by atoms with Gasteiger partial charge in [-0.2, -0.15) is 0 Å². The molecule has 2 unspecified atom stereocenters. The van der Waals surface area contributed by atoms with Crippen LogP contribution in [-0.2, 0) is 30.5 Å². The molecule has 0 aliphatic heterocycles. The molecular formula is C3H8MnO6P2. The second-order valence-electron chi connectivity index (χ2n) is 1.07. The van der Waals surface area contributed by atoms with Gasteiger partial charge in [0, 0.05) is 0 Å². The molecule has 0 aliphatic rings. The van der Waals surface area contributed by atoms with E-state index in [0.717, 1.165) is 0 Å². The first kappa shape index (κ1) is 18.4. The molecule has 0 amide bonds. The second-order valence-corrected chi connectivity index (χ2v) is 2.89. The third-order valence-electron chi connectivity index (χ3n) is 0.296. The van der Waals surface area contributed by atoms with Gasteiger partial charge >= 0.3 is 17.1 Å². The van der Waals surface area contributed by atoms with Crippen LogP contribution in [0.15, 0.2) is 12.7 Å². The Hall–Kier alpha value is 0.559. The van der Waals surface area contributed by atoms with Gasteiger partial charge in [-0.1, -0.05) is 6.08 Å². The molecule has 12 heavy (non-hydrogen) atoms. The molecule has 0 aromatic rings. The van der Waals surface area contributed by atoms with E-state index in [1.165, 1.54) is 6.08 Å². The van der Waals surface area contributed by atoms with E-state index in [9.17, 15) is 18.9 Å². The molecule has 6 nitrogen and oxygen atoms in total. The van der Waals surface area contributed by atoms with Crippen LogP contribution in [0.25, 0.3) is 0 Å². The van der Waals surface area contributed by atoms with Crippen molar-refractivity contribution in [3.8, 4) is 0 Å². The maximum Gasteiger partial charge on any atom is 2.00 e. The van der Waals surface area contributed by atoms with Crippen LogP contribution in [-0.4, -0.2) is 11.7 Å². The van der Waals surface area contributed by atoms with Gasteiger partial charge in [0.15, 0.2) is 0 Å². The summed E-state index contributed by atoms with van der Waals surface area (Å²) in [5.41, 5.74) is 0. The van der Waals surface area contributed by atoms with E-state index < -0.39 is 16.5 Å².